The molecule has 1 aromatic heterocycles. The fourth-order valence-corrected chi connectivity index (χ4v) is 4.42. The van der Waals surface area contributed by atoms with Gasteiger partial charge in [0.05, 0.1) is 6.10 Å². The minimum atomic E-state index is 0.150. The molecular weight excluding hydrogens is 314 g/mol. The molecule has 4 rings (SSSR count). The van der Waals surface area contributed by atoms with Crippen molar-refractivity contribution in [3.05, 3.63) is 36.1 Å². The summed E-state index contributed by atoms with van der Waals surface area (Å²) in [4.78, 5) is 4.39. The van der Waals surface area contributed by atoms with Crippen molar-refractivity contribution in [3.8, 4) is 0 Å². The molecule has 2 N–H and O–H groups in total. The van der Waals surface area contributed by atoms with Crippen LogP contribution >= 0.6 is 0 Å². The molecule has 5 nitrogen and oxygen atoms in total. The molecule has 25 heavy (non-hydrogen) atoms. The standard InChI is InChI=1S/C20H27N3O2/c1-20(2)17(15-9-11-24-18(15)20)23-19(21-3)22-10-8-14-12-13-6-4-5-7-16(13)25-14/h4-7,12,15,17-18H,8-11H2,1-3H3,(H2,21,22,23). The Hall–Kier alpha value is -2.01. The Bertz CT molecular complexity index is 747. The lowest BCUT2D eigenvalue weighted by Gasteiger charge is -2.54. The predicted octanol–water partition coefficient (Wildman–Crippen LogP) is 2.95. The first-order valence-corrected chi connectivity index (χ1v) is 9.16. The summed E-state index contributed by atoms with van der Waals surface area (Å²) in [6.45, 7) is 6.23. The van der Waals surface area contributed by atoms with Crippen molar-refractivity contribution < 1.29 is 9.15 Å². The molecular formula is C20H27N3O2. The van der Waals surface area contributed by atoms with E-state index in [1.807, 2.05) is 25.2 Å². The zero-order chi connectivity index (χ0) is 17.4. The second-order valence-corrected chi connectivity index (χ2v) is 7.69. The molecule has 1 saturated heterocycles. The fourth-order valence-electron chi connectivity index (χ4n) is 4.42. The van der Waals surface area contributed by atoms with Crippen LogP contribution < -0.4 is 10.6 Å². The summed E-state index contributed by atoms with van der Waals surface area (Å²) in [5, 5.41) is 8.18. The van der Waals surface area contributed by atoms with Crippen LogP contribution in [0.15, 0.2) is 39.7 Å². The lowest BCUT2D eigenvalue weighted by molar-refractivity contribution is -0.106. The highest BCUT2D eigenvalue weighted by Gasteiger charge is 2.59. The summed E-state index contributed by atoms with van der Waals surface area (Å²) < 4.78 is 11.7. The summed E-state index contributed by atoms with van der Waals surface area (Å²) >= 11 is 0. The number of aliphatic imine (C=N–C) groups is 1. The second-order valence-electron chi connectivity index (χ2n) is 7.69. The zero-order valence-corrected chi connectivity index (χ0v) is 15.2. The van der Waals surface area contributed by atoms with Crippen molar-refractivity contribution in [2.45, 2.75) is 38.8 Å². The third-order valence-corrected chi connectivity index (χ3v) is 5.76. The Labute approximate surface area is 148 Å². The van der Waals surface area contributed by atoms with E-state index in [2.05, 4.69) is 41.6 Å². The van der Waals surface area contributed by atoms with E-state index in [0.717, 1.165) is 48.7 Å². The van der Waals surface area contributed by atoms with Crippen LogP contribution in [0, 0.1) is 11.3 Å². The van der Waals surface area contributed by atoms with E-state index in [4.69, 9.17) is 9.15 Å². The maximum Gasteiger partial charge on any atom is 0.191 e. The lowest BCUT2D eigenvalue weighted by atomic mass is 9.57. The first-order chi connectivity index (χ1) is 12.1. The molecule has 2 fully saturated rings. The van der Waals surface area contributed by atoms with Gasteiger partial charge in [0.1, 0.15) is 11.3 Å². The molecule has 3 unspecified atom stereocenters. The van der Waals surface area contributed by atoms with Crippen LogP contribution in [0.4, 0.5) is 0 Å². The van der Waals surface area contributed by atoms with Crippen molar-refractivity contribution in [2.75, 3.05) is 20.2 Å². The number of para-hydroxylation sites is 1. The number of rotatable bonds is 4. The Morgan fingerprint density at radius 3 is 2.96 bits per heavy atom. The van der Waals surface area contributed by atoms with E-state index >= 15 is 0 Å². The number of furan rings is 1. The van der Waals surface area contributed by atoms with Crippen molar-refractivity contribution >= 4 is 16.9 Å². The number of benzene rings is 1. The van der Waals surface area contributed by atoms with Crippen LogP contribution in [0.3, 0.4) is 0 Å². The van der Waals surface area contributed by atoms with Gasteiger partial charge in [-0.15, -0.1) is 0 Å². The topological polar surface area (TPSA) is 58.8 Å². The van der Waals surface area contributed by atoms with Gasteiger partial charge >= 0.3 is 0 Å². The molecule has 2 aliphatic rings. The van der Waals surface area contributed by atoms with Gasteiger partial charge in [-0.3, -0.25) is 4.99 Å². The highest BCUT2D eigenvalue weighted by atomic mass is 16.5. The monoisotopic (exact) mass is 341 g/mol. The summed E-state index contributed by atoms with van der Waals surface area (Å²) in [6.07, 6.45) is 2.36. The van der Waals surface area contributed by atoms with Gasteiger partial charge < -0.3 is 19.8 Å². The summed E-state index contributed by atoms with van der Waals surface area (Å²) in [5.41, 5.74) is 1.10. The van der Waals surface area contributed by atoms with E-state index in [-0.39, 0.29) is 5.41 Å². The summed E-state index contributed by atoms with van der Waals surface area (Å²) in [7, 11) is 1.82. The predicted molar refractivity (Wildman–Crippen MR) is 99.8 cm³/mol. The van der Waals surface area contributed by atoms with Gasteiger partial charge in [0.15, 0.2) is 5.96 Å². The molecule has 2 heterocycles. The second kappa shape index (κ2) is 6.37. The van der Waals surface area contributed by atoms with E-state index in [1.165, 1.54) is 0 Å². The molecule has 0 bridgehead atoms. The minimum Gasteiger partial charge on any atom is -0.461 e. The summed E-state index contributed by atoms with van der Waals surface area (Å²) in [5.74, 6) is 2.46. The van der Waals surface area contributed by atoms with Crippen LogP contribution in [0.25, 0.3) is 11.0 Å². The molecule has 3 atom stereocenters. The quantitative estimate of drug-likeness (QED) is 0.663. The lowest BCUT2D eigenvalue weighted by Crippen LogP contribution is -2.68. The molecule has 1 aromatic carbocycles. The smallest absolute Gasteiger partial charge is 0.191 e. The van der Waals surface area contributed by atoms with E-state index in [9.17, 15) is 0 Å². The molecule has 0 spiro atoms. The molecule has 0 amide bonds. The van der Waals surface area contributed by atoms with Crippen molar-refractivity contribution in [1.29, 1.82) is 0 Å². The molecule has 2 aromatic rings. The van der Waals surface area contributed by atoms with Gasteiger partial charge in [-0.25, -0.2) is 0 Å². The summed E-state index contributed by atoms with van der Waals surface area (Å²) in [6, 6.07) is 10.6. The van der Waals surface area contributed by atoms with Gasteiger partial charge in [-0.1, -0.05) is 32.0 Å². The number of nitrogens with one attached hydrogen (secondary N) is 2. The van der Waals surface area contributed by atoms with Gasteiger partial charge in [-0.05, 0) is 18.6 Å². The number of fused-ring (bicyclic) bond motifs is 2. The van der Waals surface area contributed by atoms with Crippen LogP contribution in [-0.2, 0) is 11.2 Å². The van der Waals surface area contributed by atoms with Gasteiger partial charge in [0, 0.05) is 49.4 Å². The molecule has 1 aliphatic heterocycles. The number of hydrogen-bond acceptors (Lipinski definition) is 3. The third-order valence-electron chi connectivity index (χ3n) is 5.76. The molecule has 0 radical (unpaired) electrons. The maximum atomic E-state index is 5.87. The number of nitrogens with zero attached hydrogens (tertiary/aromatic N) is 1. The van der Waals surface area contributed by atoms with Gasteiger partial charge in [0.2, 0.25) is 0 Å². The highest BCUT2D eigenvalue weighted by Crippen LogP contribution is 2.52. The first-order valence-electron chi connectivity index (χ1n) is 9.16. The molecule has 1 saturated carbocycles. The van der Waals surface area contributed by atoms with Crippen LogP contribution in [-0.4, -0.2) is 38.3 Å². The van der Waals surface area contributed by atoms with Crippen molar-refractivity contribution in [3.63, 3.8) is 0 Å². The molecule has 134 valence electrons. The number of hydrogen-bond donors (Lipinski definition) is 2. The SMILES string of the molecule is CN=C(NCCc1cc2ccccc2o1)NC1C2CCOC2C1(C)C. The Morgan fingerprint density at radius 1 is 1.32 bits per heavy atom. The average Bonchev–Trinajstić information content (AvgIpc) is 3.22. The van der Waals surface area contributed by atoms with E-state index in [1.54, 1.807) is 0 Å². The van der Waals surface area contributed by atoms with E-state index < -0.39 is 0 Å². The van der Waals surface area contributed by atoms with Gasteiger partial charge in [0.25, 0.3) is 0 Å². The van der Waals surface area contributed by atoms with E-state index in [0.29, 0.717) is 18.1 Å². The number of ether oxygens (including phenoxy) is 1. The number of guanidine groups is 1. The average molecular weight is 341 g/mol. The maximum absolute atomic E-state index is 5.87. The van der Waals surface area contributed by atoms with Crippen LogP contribution in [0.2, 0.25) is 0 Å². The van der Waals surface area contributed by atoms with Crippen molar-refractivity contribution in [2.24, 2.45) is 16.3 Å². The minimum absolute atomic E-state index is 0.150. The van der Waals surface area contributed by atoms with Crippen molar-refractivity contribution in [1.82, 2.24) is 10.6 Å². The third kappa shape index (κ3) is 2.91. The molecule has 5 heteroatoms. The highest BCUT2D eigenvalue weighted by molar-refractivity contribution is 5.80. The zero-order valence-electron chi connectivity index (χ0n) is 15.2. The first kappa shape index (κ1) is 16.5. The Morgan fingerprint density at radius 2 is 2.16 bits per heavy atom. The van der Waals surface area contributed by atoms with Crippen LogP contribution in [0.1, 0.15) is 26.0 Å². The Kier molecular flexibility index (Phi) is 4.20. The van der Waals surface area contributed by atoms with Crippen LogP contribution in [0.5, 0.6) is 0 Å². The fraction of sp³-hybridized carbons (Fsp3) is 0.550. The van der Waals surface area contributed by atoms with Gasteiger partial charge in [-0.2, -0.15) is 0 Å². The largest absolute Gasteiger partial charge is 0.461 e. The molecule has 1 aliphatic carbocycles. The Balaban J connectivity index is 1.32. The normalized spacial score (nSPS) is 27.8.